The minimum Gasteiger partial charge on any atom is -0.490 e. The van der Waals surface area contributed by atoms with Gasteiger partial charge >= 0.3 is 5.97 Å². The number of thioether (sulfide) groups is 1. The van der Waals surface area contributed by atoms with Gasteiger partial charge < -0.3 is 19.5 Å². The molecule has 9 nitrogen and oxygen atoms in total. The number of carbonyl (C=O) groups is 4. The molecule has 3 aromatic rings. The Morgan fingerprint density at radius 1 is 1.06 bits per heavy atom. The van der Waals surface area contributed by atoms with Gasteiger partial charge in [0, 0.05) is 15.7 Å². The largest absolute Gasteiger partial charge is 0.490 e. The van der Waals surface area contributed by atoms with E-state index in [4.69, 9.17) is 25.8 Å². The summed E-state index contributed by atoms with van der Waals surface area (Å²) in [5.74, 6) is -0.782. The molecule has 1 saturated heterocycles. The Kier molecular flexibility index (Phi) is 13.1. The van der Waals surface area contributed by atoms with Gasteiger partial charge in [-0.2, -0.15) is 0 Å². The Morgan fingerprint density at radius 2 is 1.83 bits per heavy atom. The first kappa shape index (κ1) is 35.8. The van der Waals surface area contributed by atoms with Crippen molar-refractivity contribution in [1.29, 1.82) is 0 Å². The van der Waals surface area contributed by atoms with E-state index in [0.717, 1.165) is 38.7 Å². The van der Waals surface area contributed by atoms with Crippen molar-refractivity contribution in [2.45, 2.75) is 39.7 Å². The summed E-state index contributed by atoms with van der Waals surface area (Å²) in [5.41, 5.74) is 2.76. The number of imide groups is 1. The molecule has 1 heterocycles. The van der Waals surface area contributed by atoms with E-state index in [9.17, 15) is 19.2 Å². The number of hydrogen-bond donors (Lipinski definition) is 1. The maximum atomic E-state index is 13.3. The first-order valence-corrected chi connectivity index (χ1v) is 16.9. The molecule has 4 rings (SSSR count). The van der Waals surface area contributed by atoms with Crippen molar-refractivity contribution in [2.24, 2.45) is 0 Å². The molecule has 0 aliphatic carbocycles. The van der Waals surface area contributed by atoms with Crippen LogP contribution >= 0.6 is 39.3 Å². The Hall–Kier alpha value is -4.06. The molecule has 1 aliphatic rings. The van der Waals surface area contributed by atoms with Crippen LogP contribution in [0.25, 0.3) is 6.08 Å². The zero-order valence-corrected chi connectivity index (χ0v) is 29.1. The molecule has 246 valence electrons. The summed E-state index contributed by atoms with van der Waals surface area (Å²) < 4.78 is 18.3. The first-order chi connectivity index (χ1) is 22.6. The summed E-state index contributed by atoms with van der Waals surface area (Å²) in [5, 5.41) is 2.21. The van der Waals surface area contributed by atoms with E-state index in [0.29, 0.717) is 43.1 Å². The molecule has 0 unspecified atom stereocenters. The van der Waals surface area contributed by atoms with Crippen LogP contribution in [-0.4, -0.2) is 47.7 Å². The molecule has 0 atom stereocenters. The molecule has 0 bridgehead atoms. The van der Waals surface area contributed by atoms with Gasteiger partial charge in [-0.05, 0) is 91.2 Å². The molecular weight excluding hydrogens is 708 g/mol. The lowest BCUT2D eigenvalue weighted by molar-refractivity contribution is -0.127. The first-order valence-electron chi connectivity index (χ1n) is 14.9. The van der Waals surface area contributed by atoms with Crippen LogP contribution in [0.1, 0.15) is 53.7 Å². The van der Waals surface area contributed by atoms with Crippen molar-refractivity contribution in [1.82, 2.24) is 4.90 Å². The Bertz CT molecular complexity index is 1690. The van der Waals surface area contributed by atoms with Gasteiger partial charge in [0.25, 0.3) is 11.1 Å². The molecule has 1 aliphatic heterocycles. The average Bonchev–Trinajstić information content (AvgIpc) is 3.29. The van der Waals surface area contributed by atoms with Crippen LogP contribution in [0, 0.1) is 0 Å². The summed E-state index contributed by atoms with van der Waals surface area (Å²) in [4.78, 5) is 52.4. The van der Waals surface area contributed by atoms with Crippen molar-refractivity contribution in [3.8, 4) is 11.5 Å². The highest BCUT2D eigenvalue weighted by Crippen LogP contribution is 2.38. The fourth-order valence-electron chi connectivity index (χ4n) is 4.51. The molecule has 0 aromatic heterocycles. The summed E-state index contributed by atoms with van der Waals surface area (Å²) in [6.45, 7) is 8.13. The number of rotatable bonds is 15. The third-order valence-corrected chi connectivity index (χ3v) is 8.55. The molecular formula is C35H34BrClN2O7S. The lowest BCUT2D eigenvalue weighted by Crippen LogP contribution is -2.36. The zero-order valence-electron chi connectivity index (χ0n) is 26.0. The zero-order chi connectivity index (χ0) is 33.9. The van der Waals surface area contributed by atoms with Gasteiger partial charge in [-0.1, -0.05) is 59.1 Å². The van der Waals surface area contributed by atoms with E-state index in [1.165, 1.54) is 18.2 Å². The Labute approximate surface area is 291 Å². The number of nitrogens with one attached hydrogen (secondary N) is 1. The number of nitrogens with zero attached hydrogens (tertiary/aromatic N) is 1. The second-order valence-electron chi connectivity index (χ2n) is 10.3. The molecule has 0 spiro atoms. The Balaban J connectivity index is 1.49. The molecule has 47 heavy (non-hydrogen) atoms. The third-order valence-electron chi connectivity index (χ3n) is 6.79. The van der Waals surface area contributed by atoms with Gasteiger partial charge in [0.2, 0.25) is 5.91 Å². The van der Waals surface area contributed by atoms with Gasteiger partial charge in [0.1, 0.15) is 13.2 Å². The molecule has 12 heteroatoms. The van der Waals surface area contributed by atoms with Gasteiger partial charge in [-0.15, -0.1) is 6.58 Å². The Morgan fingerprint density at radius 3 is 2.53 bits per heavy atom. The SMILES string of the molecule is C=CCc1cc(/C=C2\SC(=O)N(CC(=O)Nc3ccc(Cl)c(C(=O)OCCCC)c3)C2=O)cc(OCC)c1OCc1ccc(Br)cc1. The van der Waals surface area contributed by atoms with Crippen LogP contribution in [0.3, 0.4) is 0 Å². The molecule has 1 N–H and O–H groups in total. The number of esters is 1. The van der Waals surface area contributed by atoms with E-state index < -0.39 is 29.6 Å². The van der Waals surface area contributed by atoms with Crippen molar-refractivity contribution in [3.05, 3.63) is 104 Å². The molecule has 3 amide bonds. The van der Waals surface area contributed by atoms with Crippen LogP contribution in [0.5, 0.6) is 11.5 Å². The van der Waals surface area contributed by atoms with E-state index >= 15 is 0 Å². The van der Waals surface area contributed by atoms with E-state index in [1.807, 2.05) is 44.2 Å². The highest BCUT2D eigenvalue weighted by Gasteiger charge is 2.36. The number of amides is 3. The van der Waals surface area contributed by atoms with Crippen LogP contribution < -0.4 is 14.8 Å². The fraction of sp³-hybridized carbons (Fsp3) is 0.257. The molecule has 0 radical (unpaired) electrons. The quantitative estimate of drug-likeness (QED) is 0.0716. The van der Waals surface area contributed by atoms with Gasteiger partial charge in [-0.25, -0.2) is 4.79 Å². The van der Waals surface area contributed by atoms with Crippen LogP contribution in [-0.2, 0) is 27.4 Å². The highest BCUT2D eigenvalue weighted by molar-refractivity contribution is 9.10. The smallest absolute Gasteiger partial charge is 0.339 e. The number of carbonyl (C=O) groups excluding carboxylic acids is 4. The summed E-state index contributed by atoms with van der Waals surface area (Å²) in [7, 11) is 0. The number of unbranched alkanes of at least 4 members (excludes halogenated alkanes) is 1. The lowest BCUT2D eigenvalue weighted by atomic mass is 10.0. The van der Waals surface area contributed by atoms with Crippen LogP contribution in [0.4, 0.5) is 10.5 Å². The second kappa shape index (κ2) is 17.2. The topological polar surface area (TPSA) is 111 Å². The van der Waals surface area contributed by atoms with Crippen molar-refractivity contribution >= 4 is 74.1 Å². The van der Waals surface area contributed by atoms with E-state index in [-0.39, 0.29) is 27.8 Å². The highest BCUT2D eigenvalue weighted by atomic mass is 79.9. The maximum absolute atomic E-state index is 13.3. The monoisotopic (exact) mass is 740 g/mol. The van der Waals surface area contributed by atoms with E-state index in [1.54, 1.807) is 18.2 Å². The van der Waals surface area contributed by atoms with Crippen molar-refractivity contribution in [2.75, 3.05) is 25.1 Å². The number of ether oxygens (including phenoxy) is 3. The predicted octanol–water partition coefficient (Wildman–Crippen LogP) is 8.44. The normalized spacial score (nSPS) is 13.5. The van der Waals surface area contributed by atoms with Gasteiger partial charge in [0.05, 0.1) is 28.7 Å². The number of halogens is 2. The molecule has 0 saturated carbocycles. The average molecular weight is 742 g/mol. The lowest BCUT2D eigenvalue weighted by Gasteiger charge is -2.17. The van der Waals surface area contributed by atoms with Crippen LogP contribution in [0.15, 0.2) is 76.6 Å². The summed E-state index contributed by atoms with van der Waals surface area (Å²) in [6, 6.07) is 15.8. The van der Waals surface area contributed by atoms with Crippen molar-refractivity contribution in [3.63, 3.8) is 0 Å². The predicted molar refractivity (Wildman–Crippen MR) is 188 cm³/mol. The second-order valence-corrected chi connectivity index (χ2v) is 12.7. The van der Waals surface area contributed by atoms with Gasteiger partial charge in [0.15, 0.2) is 11.5 Å². The summed E-state index contributed by atoms with van der Waals surface area (Å²) >= 11 is 10.3. The molecule has 1 fully saturated rings. The minimum absolute atomic E-state index is 0.0987. The fourth-order valence-corrected chi connectivity index (χ4v) is 5.81. The maximum Gasteiger partial charge on any atom is 0.339 e. The van der Waals surface area contributed by atoms with Gasteiger partial charge in [-0.3, -0.25) is 19.3 Å². The molecule has 3 aromatic carbocycles. The number of allylic oxidation sites excluding steroid dienone is 1. The third kappa shape index (κ3) is 9.73. The minimum atomic E-state index is -0.625. The van der Waals surface area contributed by atoms with Crippen LogP contribution in [0.2, 0.25) is 5.02 Å². The number of benzene rings is 3. The van der Waals surface area contributed by atoms with E-state index in [2.05, 4.69) is 27.8 Å². The number of anilines is 1. The van der Waals surface area contributed by atoms with Crippen molar-refractivity contribution < 1.29 is 33.4 Å². The summed E-state index contributed by atoms with van der Waals surface area (Å²) in [6.07, 6.45) is 5.38. The number of hydrogen-bond acceptors (Lipinski definition) is 8. The standard InChI is InChI=1S/C35H34BrClN2O7S/c1-4-7-15-45-34(42)27-19-26(13-14-28(27)37)38-31(40)20-39-33(41)30(47-35(39)43)18-23-16-24(8-5-2)32(29(17-23)44-6-3)46-21-22-9-11-25(36)12-10-22/h5,9-14,16-19H,2,4,6-8,15,20-21H2,1,3H3,(H,38,40)/b30-18-.